The highest BCUT2D eigenvalue weighted by molar-refractivity contribution is 5.83. The first kappa shape index (κ1) is 18.8. The quantitative estimate of drug-likeness (QED) is 0.652. The van der Waals surface area contributed by atoms with Gasteiger partial charge in [-0.2, -0.15) is 0 Å². The van der Waals surface area contributed by atoms with Crippen molar-refractivity contribution in [3.8, 4) is 11.5 Å². The minimum atomic E-state index is 0.0473. The number of rotatable bonds is 3. The van der Waals surface area contributed by atoms with Crippen LogP contribution >= 0.6 is 0 Å². The molecule has 4 rings (SSSR count). The molecule has 0 aliphatic heterocycles. The second-order valence-electron chi connectivity index (χ2n) is 10.3. The molecule has 0 spiro atoms. The molecule has 0 radical (unpaired) electrons. The molecular weight excluding hydrogens is 336 g/mol. The molecule has 0 unspecified atom stereocenters. The molecule has 2 saturated carbocycles. The van der Waals surface area contributed by atoms with Crippen molar-refractivity contribution in [3.63, 3.8) is 0 Å². The van der Waals surface area contributed by atoms with Crippen LogP contribution in [0, 0.1) is 22.7 Å². The van der Waals surface area contributed by atoms with Gasteiger partial charge in [-0.1, -0.05) is 34.1 Å². The summed E-state index contributed by atoms with van der Waals surface area (Å²) in [6.45, 7) is 9.92. The van der Waals surface area contributed by atoms with Gasteiger partial charge in [0.05, 0.1) is 19.8 Å². The Labute approximate surface area is 163 Å². The fourth-order valence-corrected chi connectivity index (χ4v) is 7.61. The largest absolute Gasteiger partial charge is 0.496 e. The summed E-state index contributed by atoms with van der Waals surface area (Å²) in [5.74, 6) is 2.97. The van der Waals surface area contributed by atoms with Crippen LogP contribution in [0.15, 0.2) is 6.07 Å². The van der Waals surface area contributed by atoms with E-state index in [4.69, 9.17) is 9.47 Å². The number of carbonyl (C=O) groups excluding carboxylic acids is 1. The second-order valence-corrected chi connectivity index (χ2v) is 10.3. The van der Waals surface area contributed by atoms with Crippen LogP contribution in [0.1, 0.15) is 81.3 Å². The Morgan fingerprint density at radius 1 is 1.04 bits per heavy atom. The lowest BCUT2D eigenvalue weighted by molar-refractivity contribution is -0.0985. The first-order chi connectivity index (χ1) is 12.7. The van der Waals surface area contributed by atoms with Crippen molar-refractivity contribution in [2.24, 2.45) is 22.7 Å². The van der Waals surface area contributed by atoms with Gasteiger partial charge >= 0.3 is 0 Å². The third-order valence-corrected chi connectivity index (χ3v) is 8.70. The van der Waals surface area contributed by atoms with Gasteiger partial charge in [0.25, 0.3) is 0 Å². The number of carbonyl (C=O) groups is 1. The van der Waals surface area contributed by atoms with Crippen LogP contribution in [-0.2, 0) is 11.8 Å². The van der Waals surface area contributed by atoms with Crippen molar-refractivity contribution in [1.82, 2.24) is 0 Å². The summed E-state index contributed by atoms with van der Waals surface area (Å²) in [6, 6.07) is 1.87. The van der Waals surface area contributed by atoms with E-state index in [1.54, 1.807) is 14.2 Å². The van der Waals surface area contributed by atoms with Gasteiger partial charge in [0.1, 0.15) is 11.5 Å². The highest BCUT2D eigenvalue weighted by Gasteiger charge is 2.62. The average Bonchev–Trinajstić information content (AvgIpc) is 2.94. The number of aldehydes is 1. The monoisotopic (exact) mass is 370 g/mol. The van der Waals surface area contributed by atoms with Crippen molar-refractivity contribution < 1.29 is 14.3 Å². The molecule has 3 aliphatic carbocycles. The maximum Gasteiger partial charge on any atom is 0.153 e. The Kier molecular flexibility index (Phi) is 4.18. The number of fused-ring (bicyclic) bond motifs is 5. The highest BCUT2D eigenvalue weighted by Crippen LogP contribution is 2.69. The van der Waals surface area contributed by atoms with E-state index in [1.807, 2.05) is 6.07 Å². The molecule has 4 atom stereocenters. The summed E-state index contributed by atoms with van der Waals surface area (Å²) in [7, 11) is 3.41. The minimum Gasteiger partial charge on any atom is -0.496 e. The van der Waals surface area contributed by atoms with E-state index in [2.05, 4.69) is 27.7 Å². The number of ether oxygens (including phenoxy) is 2. The number of methoxy groups -OCH3 is 2. The van der Waals surface area contributed by atoms with Gasteiger partial charge in [0.15, 0.2) is 6.29 Å². The lowest BCUT2D eigenvalue weighted by Gasteiger charge is -2.61. The van der Waals surface area contributed by atoms with Crippen LogP contribution in [0.25, 0.3) is 0 Å². The Bertz CT molecular complexity index is 780. The predicted octanol–water partition coefficient (Wildman–Crippen LogP) is 5.57. The molecule has 1 aromatic rings. The zero-order valence-electron chi connectivity index (χ0n) is 17.8. The molecule has 0 saturated heterocycles. The summed E-state index contributed by atoms with van der Waals surface area (Å²) in [4.78, 5) is 11.8. The van der Waals surface area contributed by atoms with E-state index in [-0.39, 0.29) is 5.41 Å². The molecule has 2 fully saturated rings. The van der Waals surface area contributed by atoms with Gasteiger partial charge in [0, 0.05) is 16.5 Å². The first-order valence-corrected chi connectivity index (χ1v) is 10.5. The number of benzene rings is 1. The number of hydrogen-bond acceptors (Lipinski definition) is 3. The van der Waals surface area contributed by atoms with Gasteiger partial charge in [0.2, 0.25) is 0 Å². The maximum atomic E-state index is 11.8. The molecule has 0 amide bonds. The van der Waals surface area contributed by atoms with Crippen molar-refractivity contribution in [2.75, 3.05) is 14.2 Å². The zero-order chi connectivity index (χ0) is 19.6. The van der Waals surface area contributed by atoms with E-state index in [0.717, 1.165) is 36.5 Å². The minimum absolute atomic E-state index is 0.0473. The van der Waals surface area contributed by atoms with E-state index in [0.29, 0.717) is 22.3 Å². The van der Waals surface area contributed by atoms with Crippen molar-refractivity contribution in [3.05, 3.63) is 22.8 Å². The molecule has 3 aliphatic rings. The molecule has 0 bridgehead atoms. The third kappa shape index (κ3) is 2.36. The molecule has 0 heterocycles. The molecule has 27 heavy (non-hydrogen) atoms. The molecule has 0 N–H and O–H groups in total. The fourth-order valence-electron chi connectivity index (χ4n) is 7.61. The molecule has 1 aromatic carbocycles. The summed E-state index contributed by atoms with van der Waals surface area (Å²) in [5.41, 5.74) is 3.92. The van der Waals surface area contributed by atoms with E-state index >= 15 is 0 Å². The van der Waals surface area contributed by atoms with E-state index in [9.17, 15) is 4.79 Å². The summed E-state index contributed by atoms with van der Waals surface area (Å²) in [5, 5.41) is 0. The van der Waals surface area contributed by atoms with Crippen LogP contribution in [0.5, 0.6) is 11.5 Å². The fraction of sp³-hybridized carbons (Fsp3) is 0.708. The smallest absolute Gasteiger partial charge is 0.153 e. The van der Waals surface area contributed by atoms with Gasteiger partial charge in [-0.15, -0.1) is 0 Å². The maximum absolute atomic E-state index is 11.8. The Morgan fingerprint density at radius 2 is 1.78 bits per heavy atom. The average molecular weight is 371 g/mol. The molecule has 3 nitrogen and oxygen atoms in total. The Morgan fingerprint density at radius 3 is 2.41 bits per heavy atom. The topological polar surface area (TPSA) is 35.5 Å². The second kappa shape index (κ2) is 5.99. The van der Waals surface area contributed by atoms with Gasteiger partial charge in [-0.25, -0.2) is 0 Å². The van der Waals surface area contributed by atoms with Crippen molar-refractivity contribution in [2.45, 2.75) is 71.6 Å². The van der Waals surface area contributed by atoms with Crippen LogP contribution in [-0.4, -0.2) is 20.5 Å². The Balaban J connectivity index is 1.91. The lowest BCUT2D eigenvalue weighted by atomic mass is 9.43. The highest BCUT2D eigenvalue weighted by atomic mass is 16.5. The lowest BCUT2D eigenvalue weighted by Crippen LogP contribution is -2.55. The summed E-state index contributed by atoms with van der Waals surface area (Å²) in [6.07, 6.45) is 8.33. The third-order valence-electron chi connectivity index (χ3n) is 8.70. The van der Waals surface area contributed by atoms with Crippen molar-refractivity contribution in [1.29, 1.82) is 0 Å². The standard InChI is InChI=1S/C24H34O3/c1-22(2)9-7-10-23(3)18(22)8-11-24(4)19(23)13-16-17(26-5)12-15(14-25)21(27-6)20(16)24/h12,14,18-19H,7-11,13H2,1-6H3/t18-,19+,23-,24-/m0/s1. The SMILES string of the molecule is COc1cc(C=O)c(OC)c2c1C[C@@H]1[C@@]3(C)CCCC(C)(C)[C@@H]3CC[C@]21C. The van der Waals surface area contributed by atoms with Crippen LogP contribution in [0.2, 0.25) is 0 Å². The molecule has 0 aromatic heterocycles. The van der Waals surface area contributed by atoms with E-state index in [1.165, 1.54) is 36.8 Å². The summed E-state index contributed by atoms with van der Waals surface area (Å²) < 4.78 is 11.6. The molecule has 3 heteroatoms. The first-order valence-electron chi connectivity index (χ1n) is 10.5. The predicted molar refractivity (Wildman–Crippen MR) is 108 cm³/mol. The van der Waals surface area contributed by atoms with Gasteiger partial charge in [-0.05, 0) is 60.8 Å². The van der Waals surface area contributed by atoms with Crippen molar-refractivity contribution >= 4 is 6.29 Å². The zero-order valence-corrected chi connectivity index (χ0v) is 17.8. The molecule has 148 valence electrons. The van der Waals surface area contributed by atoms with Crippen LogP contribution in [0.4, 0.5) is 0 Å². The van der Waals surface area contributed by atoms with Gasteiger partial charge < -0.3 is 9.47 Å². The van der Waals surface area contributed by atoms with Crippen LogP contribution < -0.4 is 9.47 Å². The Hall–Kier alpha value is -1.51. The van der Waals surface area contributed by atoms with Crippen LogP contribution in [0.3, 0.4) is 0 Å². The normalized spacial score (nSPS) is 36.4. The van der Waals surface area contributed by atoms with Gasteiger partial charge in [-0.3, -0.25) is 4.79 Å². The number of hydrogen-bond donors (Lipinski definition) is 0. The summed E-state index contributed by atoms with van der Waals surface area (Å²) >= 11 is 0. The molecular formula is C24H34O3. The van der Waals surface area contributed by atoms with E-state index < -0.39 is 0 Å².